The summed E-state index contributed by atoms with van der Waals surface area (Å²) in [5.41, 5.74) is 1.98. The first-order valence-electron chi connectivity index (χ1n) is 7.77. The van der Waals surface area contributed by atoms with Gasteiger partial charge >= 0.3 is 5.97 Å². The lowest BCUT2D eigenvalue weighted by atomic mass is 10.3. The number of nitrogens with zero attached hydrogens (tertiary/aromatic N) is 4. The van der Waals surface area contributed by atoms with Crippen LogP contribution in [0.15, 0.2) is 34.2 Å². The maximum atomic E-state index is 12.5. The summed E-state index contributed by atoms with van der Waals surface area (Å²) in [6, 6.07) is 7.61. The van der Waals surface area contributed by atoms with Gasteiger partial charge in [0, 0.05) is 17.6 Å². The molecule has 136 valence electrons. The van der Waals surface area contributed by atoms with Gasteiger partial charge in [-0.1, -0.05) is 11.3 Å². The topological polar surface area (TPSA) is 78.5 Å². The Morgan fingerprint density at radius 2 is 2.12 bits per heavy atom. The largest absolute Gasteiger partial charge is 0.468 e. The van der Waals surface area contributed by atoms with Crippen molar-refractivity contribution in [2.24, 2.45) is 12.0 Å². The van der Waals surface area contributed by atoms with Crippen LogP contribution >= 0.6 is 23.1 Å². The minimum Gasteiger partial charge on any atom is -0.468 e. The molecule has 0 unspecified atom stereocenters. The van der Waals surface area contributed by atoms with E-state index >= 15 is 0 Å². The summed E-state index contributed by atoms with van der Waals surface area (Å²) in [6.07, 6.45) is 2.00. The minimum atomic E-state index is -0.441. The fourth-order valence-electron chi connectivity index (χ4n) is 2.42. The molecule has 0 N–H and O–H groups in total. The molecule has 1 amide bonds. The van der Waals surface area contributed by atoms with Gasteiger partial charge in [0.2, 0.25) is 0 Å². The number of hydrogen-bond donors (Lipinski definition) is 0. The number of aromatic nitrogens is 3. The van der Waals surface area contributed by atoms with E-state index in [0.29, 0.717) is 4.80 Å². The summed E-state index contributed by atoms with van der Waals surface area (Å²) in [5, 5.41) is 4.17. The first-order valence-corrected chi connectivity index (χ1v) is 9.81. The summed E-state index contributed by atoms with van der Waals surface area (Å²) in [5.74, 6) is -0.842. The summed E-state index contributed by atoms with van der Waals surface area (Å²) >= 11 is 2.99. The van der Waals surface area contributed by atoms with Gasteiger partial charge in [-0.3, -0.25) is 14.3 Å². The van der Waals surface area contributed by atoms with Crippen LogP contribution in [0.5, 0.6) is 0 Å². The summed E-state index contributed by atoms with van der Waals surface area (Å²) in [4.78, 5) is 30.1. The zero-order valence-electron chi connectivity index (χ0n) is 14.8. The number of thioether (sulfide) groups is 1. The SMILES string of the molecule is COC(=O)Cn1c(=NC(=O)c2cc(C)n(C)n2)sc2cc(SC)ccc21. The molecule has 3 rings (SSSR count). The Morgan fingerprint density at radius 3 is 2.73 bits per heavy atom. The number of amides is 1. The van der Waals surface area contributed by atoms with Crippen molar-refractivity contribution >= 4 is 45.2 Å². The maximum Gasteiger partial charge on any atom is 0.325 e. The van der Waals surface area contributed by atoms with Crippen molar-refractivity contribution < 1.29 is 14.3 Å². The molecule has 7 nitrogen and oxygen atoms in total. The fraction of sp³-hybridized carbons (Fsp3) is 0.294. The van der Waals surface area contributed by atoms with E-state index in [4.69, 9.17) is 4.74 Å². The van der Waals surface area contributed by atoms with Gasteiger partial charge in [0.25, 0.3) is 5.91 Å². The fourth-order valence-corrected chi connectivity index (χ4v) is 4.00. The normalized spacial score (nSPS) is 11.9. The number of hydrogen-bond acceptors (Lipinski definition) is 6. The quantitative estimate of drug-likeness (QED) is 0.505. The number of methoxy groups -OCH3 is 1. The van der Waals surface area contributed by atoms with Gasteiger partial charge in [-0.2, -0.15) is 10.1 Å². The first kappa shape index (κ1) is 18.4. The Bertz CT molecular complexity index is 1040. The molecule has 0 aliphatic carbocycles. The number of carbonyl (C=O) groups is 2. The second-order valence-electron chi connectivity index (χ2n) is 5.59. The number of fused-ring (bicyclic) bond motifs is 1. The average Bonchev–Trinajstić information content (AvgIpc) is 3.14. The molecule has 0 fully saturated rings. The molecule has 0 aliphatic rings. The molecule has 0 spiro atoms. The Labute approximate surface area is 158 Å². The zero-order chi connectivity index (χ0) is 18.8. The monoisotopic (exact) mass is 390 g/mol. The van der Waals surface area contributed by atoms with E-state index in [1.807, 2.05) is 31.4 Å². The lowest BCUT2D eigenvalue weighted by molar-refractivity contribution is -0.141. The highest BCUT2D eigenvalue weighted by Crippen LogP contribution is 2.24. The predicted octanol–water partition coefficient (Wildman–Crippen LogP) is 2.38. The summed E-state index contributed by atoms with van der Waals surface area (Å²) in [7, 11) is 3.11. The van der Waals surface area contributed by atoms with Crippen LogP contribution < -0.4 is 4.80 Å². The molecule has 0 radical (unpaired) electrons. The Hall–Kier alpha value is -2.39. The van der Waals surface area contributed by atoms with Crippen LogP contribution in [0.1, 0.15) is 16.2 Å². The number of aryl methyl sites for hydroxylation is 2. The minimum absolute atomic E-state index is 0.0114. The van der Waals surface area contributed by atoms with Crippen molar-refractivity contribution in [2.75, 3.05) is 13.4 Å². The molecule has 1 aromatic carbocycles. The first-order chi connectivity index (χ1) is 12.4. The Kier molecular flexibility index (Phi) is 5.28. The van der Waals surface area contributed by atoms with Crippen LogP contribution in [0.3, 0.4) is 0 Å². The maximum absolute atomic E-state index is 12.5. The molecule has 2 heterocycles. The second-order valence-corrected chi connectivity index (χ2v) is 7.48. The number of esters is 1. The summed E-state index contributed by atoms with van der Waals surface area (Å²) in [6.45, 7) is 1.85. The number of carbonyl (C=O) groups excluding carboxylic acids is 2. The third-order valence-electron chi connectivity index (χ3n) is 3.93. The van der Waals surface area contributed by atoms with Crippen LogP contribution in [0, 0.1) is 6.92 Å². The van der Waals surface area contributed by atoms with E-state index in [1.165, 1.54) is 18.4 Å². The molecule has 2 aromatic heterocycles. The standard InChI is InChI=1S/C17H18N4O3S2/c1-10-7-12(19-20(10)2)16(23)18-17-21(9-15(22)24-3)13-6-5-11(25-4)8-14(13)26-17/h5-8H,9H2,1-4H3. The van der Waals surface area contributed by atoms with Gasteiger partial charge in [-0.05, 0) is 37.4 Å². The molecule has 0 saturated heterocycles. The van der Waals surface area contributed by atoms with E-state index in [-0.39, 0.29) is 12.2 Å². The smallest absolute Gasteiger partial charge is 0.325 e. The number of ether oxygens (including phenoxy) is 1. The highest BCUT2D eigenvalue weighted by atomic mass is 32.2. The molecule has 0 atom stereocenters. The van der Waals surface area contributed by atoms with Crippen LogP contribution in [0.4, 0.5) is 0 Å². The predicted molar refractivity (Wildman–Crippen MR) is 101 cm³/mol. The third kappa shape index (κ3) is 3.58. The van der Waals surface area contributed by atoms with Crippen molar-refractivity contribution in [2.45, 2.75) is 18.4 Å². The number of rotatable bonds is 4. The Balaban J connectivity index is 2.14. The van der Waals surface area contributed by atoms with Crippen molar-refractivity contribution in [3.05, 3.63) is 40.5 Å². The van der Waals surface area contributed by atoms with Crippen LogP contribution in [-0.2, 0) is 23.1 Å². The van der Waals surface area contributed by atoms with Crippen molar-refractivity contribution in [1.29, 1.82) is 0 Å². The average molecular weight is 390 g/mol. The molecule has 3 aromatic rings. The highest BCUT2D eigenvalue weighted by molar-refractivity contribution is 7.98. The number of thiazole rings is 1. The zero-order valence-corrected chi connectivity index (χ0v) is 16.5. The Morgan fingerprint density at radius 1 is 1.35 bits per heavy atom. The van der Waals surface area contributed by atoms with Gasteiger partial charge in [-0.15, -0.1) is 11.8 Å². The van der Waals surface area contributed by atoms with Crippen molar-refractivity contribution in [3.8, 4) is 0 Å². The second kappa shape index (κ2) is 7.46. The van der Waals surface area contributed by atoms with Crippen molar-refractivity contribution in [1.82, 2.24) is 14.3 Å². The van der Waals surface area contributed by atoms with E-state index in [9.17, 15) is 9.59 Å². The van der Waals surface area contributed by atoms with Gasteiger partial charge < -0.3 is 9.30 Å². The van der Waals surface area contributed by atoms with E-state index in [0.717, 1.165) is 20.8 Å². The molecule has 0 bridgehead atoms. The number of benzene rings is 1. The molecule has 9 heteroatoms. The summed E-state index contributed by atoms with van der Waals surface area (Å²) < 4.78 is 9.05. The van der Waals surface area contributed by atoms with Gasteiger partial charge in [0.15, 0.2) is 10.5 Å². The third-order valence-corrected chi connectivity index (χ3v) is 5.70. The van der Waals surface area contributed by atoms with Gasteiger partial charge in [-0.25, -0.2) is 0 Å². The van der Waals surface area contributed by atoms with E-state index < -0.39 is 11.9 Å². The molecular formula is C17H18N4O3S2. The van der Waals surface area contributed by atoms with E-state index in [2.05, 4.69) is 10.1 Å². The molecule has 0 aliphatic heterocycles. The van der Waals surface area contributed by atoms with Crippen LogP contribution in [0.2, 0.25) is 0 Å². The van der Waals surface area contributed by atoms with Crippen LogP contribution in [-0.4, -0.2) is 39.6 Å². The van der Waals surface area contributed by atoms with Gasteiger partial charge in [0.1, 0.15) is 6.54 Å². The van der Waals surface area contributed by atoms with Crippen molar-refractivity contribution in [3.63, 3.8) is 0 Å². The van der Waals surface area contributed by atoms with Gasteiger partial charge in [0.05, 0.1) is 17.3 Å². The molecule has 26 heavy (non-hydrogen) atoms. The van der Waals surface area contributed by atoms with E-state index in [1.54, 1.807) is 34.1 Å². The molecule has 0 saturated carbocycles. The molecular weight excluding hydrogens is 372 g/mol. The highest BCUT2D eigenvalue weighted by Gasteiger charge is 2.14. The lowest BCUT2D eigenvalue weighted by Gasteiger charge is -2.04. The van der Waals surface area contributed by atoms with Crippen LogP contribution in [0.25, 0.3) is 10.2 Å². The lowest BCUT2D eigenvalue weighted by Crippen LogP contribution is -2.22.